The number of benzene rings is 1. The number of carbonyl (C=O) groups excluding carboxylic acids is 1. The summed E-state index contributed by atoms with van der Waals surface area (Å²) in [4.78, 5) is 17.7. The normalized spacial score (nSPS) is 26.5. The summed E-state index contributed by atoms with van der Waals surface area (Å²) in [6, 6.07) is 11.8. The molecule has 2 heterocycles. The van der Waals surface area contributed by atoms with Gasteiger partial charge in [-0.1, -0.05) is 12.1 Å². The molecule has 1 aromatic heterocycles. The molecule has 3 atom stereocenters. The fourth-order valence-corrected chi connectivity index (χ4v) is 4.78. The maximum absolute atomic E-state index is 12.9. The number of thiophene rings is 1. The number of likely N-dealkylation sites (tertiary alicyclic amines) is 1. The van der Waals surface area contributed by atoms with Crippen molar-refractivity contribution < 1.29 is 9.90 Å². The number of aryl methyl sites for hydroxylation is 1. The summed E-state index contributed by atoms with van der Waals surface area (Å²) in [5.74, 6) is 1.20. The van der Waals surface area contributed by atoms with Crippen molar-refractivity contribution in [2.75, 3.05) is 6.54 Å². The lowest BCUT2D eigenvalue weighted by Gasteiger charge is -2.25. The van der Waals surface area contributed by atoms with Crippen LogP contribution in [0.25, 0.3) is 0 Å². The minimum absolute atomic E-state index is 0.172. The van der Waals surface area contributed by atoms with Gasteiger partial charge in [-0.05, 0) is 56.0 Å². The number of hydrogen-bond acceptors (Lipinski definition) is 3. The Hall–Kier alpha value is -1.81. The second-order valence-corrected chi connectivity index (χ2v) is 8.00. The molecule has 1 aromatic carbocycles. The molecule has 2 fully saturated rings. The second-order valence-electron chi connectivity index (χ2n) is 6.68. The van der Waals surface area contributed by atoms with Gasteiger partial charge in [0.25, 0.3) is 0 Å². The smallest absolute Gasteiger partial charge is 0.226 e. The predicted molar refractivity (Wildman–Crippen MR) is 91.7 cm³/mol. The quantitative estimate of drug-likeness (QED) is 0.916. The van der Waals surface area contributed by atoms with E-state index in [0.29, 0.717) is 11.8 Å². The van der Waals surface area contributed by atoms with E-state index in [1.54, 1.807) is 12.1 Å². The number of phenols is 1. The van der Waals surface area contributed by atoms with Gasteiger partial charge >= 0.3 is 0 Å². The van der Waals surface area contributed by atoms with Crippen molar-refractivity contribution in [2.45, 2.75) is 38.1 Å². The molecule has 1 amide bonds. The van der Waals surface area contributed by atoms with Crippen molar-refractivity contribution in [1.29, 1.82) is 0 Å². The predicted octanol–water partition coefficient (Wildman–Crippen LogP) is 4.23. The summed E-state index contributed by atoms with van der Waals surface area (Å²) >= 11 is 1.82. The van der Waals surface area contributed by atoms with E-state index in [2.05, 4.69) is 24.0 Å². The van der Waals surface area contributed by atoms with Crippen LogP contribution in [0.5, 0.6) is 5.75 Å². The maximum atomic E-state index is 12.9. The van der Waals surface area contributed by atoms with E-state index in [4.69, 9.17) is 0 Å². The summed E-state index contributed by atoms with van der Waals surface area (Å²) in [6.45, 7) is 2.98. The highest BCUT2D eigenvalue weighted by Gasteiger charge is 2.48. The lowest BCUT2D eigenvalue weighted by Crippen LogP contribution is -2.32. The fourth-order valence-electron chi connectivity index (χ4n) is 3.72. The Balaban J connectivity index is 1.49. The zero-order valence-corrected chi connectivity index (χ0v) is 14.1. The third-order valence-electron chi connectivity index (χ3n) is 5.05. The van der Waals surface area contributed by atoms with Gasteiger partial charge in [-0.2, -0.15) is 0 Å². The molecule has 1 N–H and O–H groups in total. The first-order valence-corrected chi connectivity index (χ1v) is 9.11. The average molecular weight is 327 g/mol. The number of nitrogens with zero attached hydrogens (tertiary/aromatic N) is 1. The number of aromatic hydroxyl groups is 1. The first-order chi connectivity index (χ1) is 11.1. The Bertz CT molecular complexity index is 721. The van der Waals surface area contributed by atoms with Crippen molar-refractivity contribution in [3.8, 4) is 5.75 Å². The number of phenolic OH excluding ortho intramolecular Hbond substituents is 1. The van der Waals surface area contributed by atoms with Crippen LogP contribution in [0.3, 0.4) is 0 Å². The topological polar surface area (TPSA) is 40.5 Å². The molecule has 3 nitrogen and oxygen atoms in total. The summed E-state index contributed by atoms with van der Waals surface area (Å²) in [5, 5.41) is 9.46. The minimum atomic E-state index is 0.172. The van der Waals surface area contributed by atoms with Gasteiger partial charge in [-0.3, -0.25) is 4.79 Å². The number of carbonyl (C=O) groups is 1. The molecule has 1 aliphatic carbocycles. The maximum Gasteiger partial charge on any atom is 0.226 e. The van der Waals surface area contributed by atoms with Crippen LogP contribution >= 0.6 is 11.3 Å². The monoisotopic (exact) mass is 327 g/mol. The molecule has 1 aliphatic heterocycles. The van der Waals surface area contributed by atoms with Crippen LogP contribution < -0.4 is 0 Å². The molecule has 0 spiro atoms. The number of amides is 1. The van der Waals surface area contributed by atoms with E-state index in [-0.39, 0.29) is 17.7 Å². The van der Waals surface area contributed by atoms with E-state index < -0.39 is 0 Å². The molecule has 0 radical (unpaired) electrons. The zero-order valence-electron chi connectivity index (χ0n) is 13.2. The minimum Gasteiger partial charge on any atom is -0.508 e. The summed E-state index contributed by atoms with van der Waals surface area (Å²) in [7, 11) is 0. The van der Waals surface area contributed by atoms with E-state index >= 15 is 0 Å². The molecular formula is C19H21NO2S. The van der Waals surface area contributed by atoms with Crippen LogP contribution in [0.15, 0.2) is 36.4 Å². The first kappa shape index (κ1) is 14.8. The van der Waals surface area contributed by atoms with Gasteiger partial charge < -0.3 is 10.0 Å². The standard InChI is InChI=1S/C19H21NO2S/c1-12-4-9-18(23-12)15-11-16(15)19(22)20-10-2-3-17(20)13-5-7-14(21)8-6-13/h4-9,15-17,21H,2-3,10-11H2,1H3/t15-,16+,17-/m1/s1. The van der Waals surface area contributed by atoms with Gasteiger partial charge in [0.15, 0.2) is 0 Å². The molecule has 0 bridgehead atoms. The van der Waals surface area contributed by atoms with Crippen molar-refractivity contribution in [2.24, 2.45) is 5.92 Å². The lowest BCUT2D eigenvalue weighted by atomic mass is 10.0. The van der Waals surface area contributed by atoms with Crippen LogP contribution in [0.2, 0.25) is 0 Å². The van der Waals surface area contributed by atoms with Crippen molar-refractivity contribution in [3.63, 3.8) is 0 Å². The molecule has 23 heavy (non-hydrogen) atoms. The summed E-state index contributed by atoms with van der Waals surface area (Å²) in [5.41, 5.74) is 1.14. The van der Waals surface area contributed by atoms with Gasteiger partial charge in [-0.25, -0.2) is 0 Å². The molecule has 120 valence electrons. The molecule has 4 rings (SSSR count). The Kier molecular flexibility index (Phi) is 3.64. The van der Waals surface area contributed by atoms with E-state index in [1.807, 2.05) is 23.5 Å². The zero-order chi connectivity index (χ0) is 16.0. The number of rotatable bonds is 3. The van der Waals surface area contributed by atoms with Crippen molar-refractivity contribution in [3.05, 3.63) is 51.7 Å². The van der Waals surface area contributed by atoms with Crippen LogP contribution in [-0.4, -0.2) is 22.5 Å². The molecule has 2 aromatic rings. The molecule has 2 aliphatic rings. The average Bonchev–Trinajstić information content (AvgIpc) is 2.98. The van der Waals surface area contributed by atoms with Crippen LogP contribution in [-0.2, 0) is 4.79 Å². The Morgan fingerprint density at radius 3 is 2.70 bits per heavy atom. The van der Waals surface area contributed by atoms with Crippen molar-refractivity contribution >= 4 is 17.2 Å². The van der Waals surface area contributed by atoms with E-state index in [1.165, 1.54) is 9.75 Å². The van der Waals surface area contributed by atoms with Crippen LogP contribution in [0, 0.1) is 12.8 Å². The van der Waals surface area contributed by atoms with Crippen LogP contribution in [0.4, 0.5) is 0 Å². The van der Waals surface area contributed by atoms with Gasteiger partial charge in [0.2, 0.25) is 5.91 Å². The Morgan fingerprint density at radius 1 is 1.22 bits per heavy atom. The Morgan fingerprint density at radius 2 is 2.00 bits per heavy atom. The van der Waals surface area contributed by atoms with E-state index in [0.717, 1.165) is 31.4 Å². The number of hydrogen-bond donors (Lipinski definition) is 1. The third kappa shape index (κ3) is 2.76. The highest BCUT2D eigenvalue weighted by Crippen LogP contribution is 2.51. The van der Waals surface area contributed by atoms with Crippen LogP contribution in [0.1, 0.15) is 46.5 Å². The lowest BCUT2D eigenvalue weighted by molar-refractivity contribution is -0.133. The fraction of sp³-hybridized carbons (Fsp3) is 0.421. The first-order valence-electron chi connectivity index (χ1n) is 8.29. The van der Waals surface area contributed by atoms with Gasteiger partial charge in [0.1, 0.15) is 5.75 Å². The molecule has 0 unspecified atom stereocenters. The highest BCUT2D eigenvalue weighted by molar-refractivity contribution is 7.12. The molecular weight excluding hydrogens is 306 g/mol. The molecule has 1 saturated heterocycles. The highest BCUT2D eigenvalue weighted by atomic mass is 32.1. The van der Waals surface area contributed by atoms with Gasteiger partial charge in [0, 0.05) is 28.1 Å². The van der Waals surface area contributed by atoms with Gasteiger partial charge in [-0.15, -0.1) is 11.3 Å². The molecule has 1 saturated carbocycles. The largest absolute Gasteiger partial charge is 0.508 e. The summed E-state index contributed by atoms with van der Waals surface area (Å²) < 4.78 is 0. The Labute approximate surface area is 140 Å². The summed E-state index contributed by atoms with van der Waals surface area (Å²) in [6.07, 6.45) is 3.08. The van der Waals surface area contributed by atoms with Crippen molar-refractivity contribution in [1.82, 2.24) is 4.90 Å². The van der Waals surface area contributed by atoms with Gasteiger partial charge in [0.05, 0.1) is 6.04 Å². The molecule has 4 heteroatoms. The second kappa shape index (κ2) is 5.68. The third-order valence-corrected chi connectivity index (χ3v) is 6.18. The SMILES string of the molecule is Cc1ccc([C@@H]2C[C@@H]2C(=O)N2CCC[C@@H]2c2ccc(O)cc2)s1. The van der Waals surface area contributed by atoms with E-state index in [9.17, 15) is 9.90 Å².